The molecule has 11 heteroatoms. The summed E-state index contributed by atoms with van der Waals surface area (Å²) in [6, 6.07) is 0. The van der Waals surface area contributed by atoms with Crippen molar-refractivity contribution in [2.75, 3.05) is 7.11 Å². The molecule has 1 heterocycles. The number of aromatic nitrogens is 1. The Morgan fingerprint density at radius 2 is 1.86 bits per heavy atom. The molecule has 0 aliphatic carbocycles. The van der Waals surface area contributed by atoms with Crippen molar-refractivity contribution in [3.8, 4) is 5.75 Å². The van der Waals surface area contributed by atoms with Gasteiger partial charge in [0.25, 0.3) is 0 Å². The molecule has 0 amide bonds. The fourth-order valence-corrected chi connectivity index (χ4v) is 1.99. The Kier molecular flexibility index (Phi) is 5.28. The summed E-state index contributed by atoms with van der Waals surface area (Å²) in [6.07, 6.45) is -10.8. The van der Waals surface area contributed by atoms with E-state index in [9.17, 15) is 31.1 Å². The minimum Gasteiger partial charge on any atom is -0.469 e. The number of ether oxygens (including phenoxy) is 2. The maximum Gasteiger partial charge on any atom is 0.573 e. The molecule has 0 saturated carbocycles. The lowest BCUT2D eigenvalue weighted by Crippen LogP contribution is -2.22. The van der Waals surface area contributed by atoms with Crippen molar-refractivity contribution in [1.82, 2.24) is 4.98 Å². The van der Waals surface area contributed by atoms with Crippen LogP contribution in [0, 0.1) is 3.57 Å². The number of halogens is 7. The summed E-state index contributed by atoms with van der Waals surface area (Å²) >= 11 is 1.20. The van der Waals surface area contributed by atoms with Crippen LogP contribution in [0.5, 0.6) is 5.75 Å². The first-order valence-corrected chi connectivity index (χ1v) is 6.10. The zero-order valence-corrected chi connectivity index (χ0v) is 12.3. The summed E-state index contributed by atoms with van der Waals surface area (Å²) in [5.74, 6) is -2.30. The van der Waals surface area contributed by atoms with Crippen LogP contribution in [0.1, 0.15) is 11.3 Å². The smallest absolute Gasteiger partial charge is 0.469 e. The Labute approximate surface area is 127 Å². The highest BCUT2D eigenvalue weighted by molar-refractivity contribution is 14.1. The lowest BCUT2D eigenvalue weighted by Gasteiger charge is -2.17. The van der Waals surface area contributed by atoms with Crippen molar-refractivity contribution in [1.29, 1.82) is 0 Å². The topological polar surface area (TPSA) is 48.4 Å². The first-order chi connectivity index (χ1) is 9.45. The van der Waals surface area contributed by atoms with Crippen LogP contribution in [0.2, 0.25) is 0 Å². The predicted octanol–water partition coefficient (Wildman–Crippen LogP) is 3.32. The van der Waals surface area contributed by atoms with Gasteiger partial charge in [0, 0.05) is 6.20 Å². The van der Waals surface area contributed by atoms with Gasteiger partial charge in [-0.05, 0) is 22.6 Å². The summed E-state index contributed by atoms with van der Waals surface area (Å²) in [6.45, 7) is 0. The first-order valence-electron chi connectivity index (χ1n) is 5.03. The van der Waals surface area contributed by atoms with Crippen LogP contribution in [0.15, 0.2) is 6.20 Å². The number of methoxy groups -OCH3 is 1. The average molecular weight is 429 g/mol. The van der Waals surface area contributed by atoms with Crippen LogP contribution >= 0.6 is 22.6 Å². The monoisotopic (exact) mass is 429 g/mol. The van der Waals surface area contributed by atoms with Crippen LogP contribution in [0.3, 0.4) is 0 Å². The Morgan fingerprint density at radius 1 is 1.29 bits per heavy atom. The van der Waals surface area contributed by atoms with Gasteiger partial charge in [0.05, 0.1) is 22.8 Å². The summed E-state index contributed by atoms with van der Waals surface area (Å²) < 4.78 is 81.9. The van der Waals surface area contributed by atoms with E-state index in [-0.39, 0.29) is 11.9 Å². The first kappa shape index (κ1) is 17.8. The third-order valence-corrected chi connectivity index (χ3v) is 3.22. The average Bonchev–Trinajstić information content (AvgIpc) is 2.30. The molecule has 0 radical (unpaired) electrons. The predicted molar refractivity (Wildman–Crippen MR) is 64.4 cm³/mol. The van der Waals surface area contributed by atoms with Crippen molar-refractivity contribution < 1.29 is 40.6 Å². The van der Waals surface area contributed by atoms with E-state index >= 15 is 0 Å². The number of hydrogen-bond acceptors (Lipinski definition) is 4. The Balaban J connectivity index is 3.37. The van der Waals surface area contributed by atoms with E-state index in [4.69, 9.17) is 0 Å². The van der Waals surface area contributed by atoms with Gasteiger partial charge in [-0.15, -0.1) is 13.2 Å². The van der Waals surface area contributed by atoms with E-state index in [1.807, 2.05) is 0 Å². The highest BCUT2D eigenvalue weighted by Crippen LogP contribution is 2.41. The zero-order valence-electron chi connectivity index (χ0n) is 10.1. The number of carbonyl (C=O) groups is 1. The van der Waals surface area contributed by atoms with Gasteiger partial charge in [-0.25, -0.2) is 0 Å². The molecule has 0 fully saturated rings. The van der Waals surface area contributed by atoms with E-state index < -0.39 is 39.8 Å². The summed E-state index contributed by atoms with van der Waals surface area (Å²) in [4.78, 5) is 14.4. The van der Waals surface area contributed by atoms with Gasteiger partial charge in [-0.3, -0.25) is 9.78 Å². The molecule has 0 aliphatic rings. The summed E-state index contributed by atoms with van der Waals surface area (Å²) in [5.41, 5.74) is -1.99. The molecule has 1 aromatic rings. The maximum atomic E-state index is 12.7. The molecule has 1 rings (SSSR count). The standard InChI is InChI=1S/C10H6F6INO3/c1-20-6(19)2-5-7(17)8(21-10(14,15)16)4(3-18-5)9(11,12)13/h3H,2H2,1H3. The highest BCUT2D eigenvalue weighted by Gasteiger charge is 2.41. The Morgan fingerprint density at radius 3 is 2.29 bits per heavy atom. The molecule has 0 aromatic carbocycles. The highest BCUT2D eigenvalue weighted by atomic mass is 127. The molecule has 1 aromatic heterocycles. The maximum absolute atomic E-state index is 12.7. The number of alkyl halides is 6. The quantitative estimate of drug-likeness (QED) is 0.421. The second-order valence-electron chi connectivity index (χ2n) is 3.56. The van der Waals surface area contributed by atoms with Gasteiger partial charge in [0.15, 0.2) is 5.75 Å². The van der Waals surface area contributed by atoms with E-state index in [2.05, 4.69) is 14.5 Å². The van der Waals surface area contributed by atoms with Gasteiger partial charge >= 0.3 is 18.5 Å². The van der Waals surface area contributed by atoms with Gasteiger partial charge in [0.2, 0.25) is 0 Å². The lowest BCUT2D eigenvalue weighted by molar-refractivity contribution is -0.276. The minimum absolute atomic E-state index is 0.182. The molecule has 118 valence electrons. The lowest BCUT2D eigenvalue weighted by atomic mass is 10.2. The zero-order chi connectivity index (χ0) is 16.4. The van der Waals surface area contributed by atoms with Gasteiger partial charge in [-0.1, -0.05) is 0 Å². The van der Waals surface area contributed by atoms with Crippen molar-refractivity contribution in [3.63, 3.8) is 0 Å². The normalized spacial score (nSPS) is 12.2. The van der Waals surface area contributed by atoms with E-state index in [1.165, 1.54) is 22.6 Å². The third kappa shape index (κ3) is 4.89. The summed E-state index contributed by atoms with van der Waals surface area (Å²) in [5, 5.41) is 0. The number of nitrogens with zero attached hydrogens (tertiary/aromatic N) is 1. The van der Waals surface area contributed by atoms with Crippen LogP contribution in [-0.4, -0.2) is 24.4 Å². The molecule has 4 nitrogen and oxygen atoms in total. The van der Waals surface area contributed by atoms with Crippen molar-refractivity contribution >= 4 is 28.6 Å². The molecular weight excluding hydrogens is 423 g/mol. The molecule has 0 unspecified atom stereocenters. The number of pyridine rings is 1. The number of hydrogen-bond donors (Lipinski definition) is 0. The van der Waals surface area contributed by atoms with Crippen LogP contribution < -0.4 is 4.74 Å². The molecule has 0 N–H and O–H groups in total. The van der Waals surface area contributed by atoms with Crippen LogP contribution in [-0.2, 0) is 22.1 Å². The number of esters is 1. The SMILES string of the molecule is COC(=O)Cc1ncc(C(F)(F)F)c(OC(F)(F)F)c1I. The van der Waals surface area contributed by atoms with Gasteiger partial charge in [0.1, 0.15) is 5.56 Å². The number of rotatable bonds is 3. The largest absolute Gasteiger partial charge is 0.573 e. The number of carbonyl (C=O) groups excluding carboxylic acids is 1. The van der Waals surface area contributed by atoms with Crippen molar-refractivity contribution in [2.45, 2.75) is 19.0 Å². The van der Waals surface area contributed by atoms with Crippen molar-refractivity contribution in [2.24, 2.45) is 0 Å². The van der Waals surface area contributed by atoms with Gasteiger partial charge < -0.3 is 9.47 Å². The second-order valence-corrected chi connectivity index (χ2v) is 4.64. The van der Waals surface area contributed by atoms with E-state index in [0.29, 0.717) is 0 Å². The van der Waals surface area contributed by atoms with Gasteiger partial charge in [-0.2, -0.15) is 13.2 Å². The molecule has 0 aliphatic heterocycles. The van der Waals surface area contributed by atoms with Crippen LogP contribution in [0.4, 0.5) is 26.3 Å². The van der Waals surface area contributed by atoms with E-state index in [1.54, 1.807) is 0 Å². The molecular formula is C10H6F6INO3. The van der Waals surface area contributed by atoms with E-state index in [0.717, 1.165) is 7.11 Å². The second kappa shape index (κ2) is 6.23. The third-order valence-electron chi connectivity index (χ3n) is 2.11. The molecule has 0 saturated heterocycles. The molecule has 0 bridgehead atoms. The Hall–Kier alpha value is -1.27. The van der Waals surface area contributed by atoms with Crippen molar-refractivity contribution in [3.05, 3.63) is 21.0 Å². The minimum atomic E-state index is -5.32. The fourth-order valence-electron chi connectivity index (χ4n) is 1.26. The van der Waals surface area contributed by atoms with Crippen LogP contribution in [0.25, 0.3) is 0 Å². The Bertz CT molecular complexity index is 543. The molecule has 21 heavy (non-hydrogen) atoms. The molecule has 0 atom stereocenters. The summed E-state index contributed by atoms with van der Waals surface area (Å²) in [7, 11) is 1.02. The molecule has 0 spiro atoms. The fraction of sp³-hybridized carbons (Fsp3) is 0.400.